The Morgan fingerprint density at radius 2 is 2.14 bits per heavy atom. The highest BCUT2D eigenvalue weighted by atomic mass is 19.4. The van der Waals surface area contributed by atoms with Gasteiger partial charge in [0, 0.05) is 12.0 Å². The van der Waals surface area contributed by atoms with Crippen LogP contribution >= 0.6 is 0 Å². The highest BCUT2D eigenvalue weighted by molar-refractivity contribution is 5.87. The van der Waals surface area contributed by atoms with Crippen LogP contribution in [0.15, 0.2) is 18.2 Å². The van der Waals surface area contributed by atoms with E-state index in [4.69, 9.17) is 9.84 Å². The quantitative estimate of drug-likeness (QED) is 0.925. The molecule has 0 radical (unpaired) electrons. The number of aliphatic carboxylic acids is 1. The molecule has 8 heteroatoms. The van der Waals surface area contributed by atoms with Gasteiger partial charge in [-0.1, -0.05) is 6.07 Å². The van der Waals surface area contributed by atoms with Gasteiger partial charge in [-0.3, -0.25) is 4.79 Å². The third-order valence-corrected chi connectivity index (χ3v) is 3.60. The molecule has 1 heterocycles. The van der Waals surface area contributed by atoms with Crippen LogP contribution in [0, 0.1) is 0 Å². The molecule has 2 rings (SSSR count). The number of benzene rings is 1. The highest BCUT2D eigenvalue weighted by Gasteiger charge is 2.40. The third kappa shape index (κ3) is 3.00. The Bertz CT molecular complexity index is 600. The molecule has 1 unspecified atom stereocenters. The first kappa shape index (κ1) is 16.1. The van der Waals surface area contributed by atoms with E-state index >= 15 is 0 Å². The van der Waals surface area contributed by atoms with Gasteiger partial charge in [-0.2, -0.15) is 13.2 Å². The van der Waals surface area contributed by atoms with Crippen molar-refractivity contribution in [3.05, 3.63) is 29.3 Å². The molecule has 1 aromatic rings. The summed E-state index contributed by atoms with van der Waals surface area (Å²) in [6.07, 6.45) is -4.52. The molecule has 22 heavy (non-hydrogen) atoms. The molecule has 120 valence electrons. The van der Waals surface area contributed by atoms with Crippen LogP contribution in [0.25, 0.3) is 0 Å². The molecule has 0 saturated carbocycles. The number of amides is 1. The van der Waals surface area contributed by atoms with Crippen molar-refractivity contribution in [3.63, 3.8) is 0 Å². The molecule has 1 aromatic carbocycles. The molecular weight excluding hydrogens is 303 g/mol. The van der Waals surface area contributed by atoms with Crippen molar-refractivity contribution in [3.8, 4) is 5.75 Å². The summed E-state index contributed by atoms with van der Waals surface area (Å²) in [7, 11) is 1.22. The lowest BCUT2D eigenvalue weighted by molar-refractivity contribution is -0.147. The van der Waals surface area contributed by atoms with E-state index < -0.39 is 36.2 Å². The van der Waals surface area contributed by atoms with Gasteiger partial charge in [-0.05, 0) is 18.6 Å². The Morgan fingerprint density at radius 1 is 1.45 bits per heavy atom. The van der Waals surface area contributed by atoms with Crippen molar-refractivity contribution in [2.45, 2.75) is 31.6 Å². The molecule has 1 aliphatic rings. The lowest BCUT2D eigenvalue weighted by atomic mass is 10.0. The normalized spacial score (nSPS) is 18.6. The van der Waals surface area contributed by atoms with Crippen molar-refractivity contribution in [2.75, 3.05) is 7.11 Å². The minimum absolute atomic E-state index is 0.00741. The minimum atomic E-state index is -4.62. The lowest BCUT2D eigenvalue weighted by Gasteiger charge is -2.24. The van der Waals surface area contributed by atoms with Crippen LogP contribution in [0.3, 0.4) is 0 Å². The fourth-order valence-corrected chi connectivity index (χ4v) is 2.54. The van der Waals surface area contributed by atoms with E-state index in [1.54, 1.807) is 0 Å². The number of alkyl halides is 3. The molecule has 1 saturated heterocycles. The van der Waals surface area contributed by atoms with Gasteiger partial charge in [0.15, 0.2) is 0 Å². The van der Waals surface area contributed by atoms with Crippen molar-refractivity contribution in [1.29, 1.82) is 0 Å². The Labute approximate surface area is 124 Å². The summed E-state index contributed by atoms with van der Waals surface area (Å²) in [5, 5.41) is 9.09. The molecule has 0 aromatic heterocycles. The molecule has 0 spiro atoms. The van der Waals surface area contributed by atoms with E-state index in [-0.39, 0.29) is 24.2 Å². The summed E-state index contributed by atoms with van der Waals surface area (Å²) in [6, 6.07) is 2.32. The first-order valence-electron chi connectivity index (χ1n) is 6.51. The average Bonchev–Trinajstić information content (AvgIpc) is 2.79. The van der Waals surface area contributed by atoms with Gasteiger partial charge in [0.2, 0.25) is 5.91 Å². The zero-order valence-electron chi connectivity index (χ0n) is 11.7. The van der Waals surface area contributed by atoms with Crippen LogP contribution in [0.5, 0.6) is 5.75 Å². The van der Waals surface area contributed by atoms with E-state index in [9.17, 15) is 22.8 Å². The summed E-state index contributed by atoms with van der Waals surface area (Å²) in [5.74, 6) is -1.74. The summed E-state index contributed by atoms with van der Waals surface area (Å²) < 4.78 is 44.3. The molecule has 1 aliphatic heterocycles. The Balaban J connectivity index is 2.43. The number of rotatable bonds is 4. The molecule has 5 nitrogen and oxygen atoms in total. The zero-order valence-corrected chi connectivity index (χ0v) is 11.7. The summed E-state index contributed by atoms with van der Waals surface area (Å²) in [6.45, 7) is -0.450. The number of nitrogens with zero attached hydrogens (tertiary/aromatic N) is 1. The number of halogens is 3. The predicted molar refractivity (Wildman–Crippen MR) is 69.2 cm³/mol. The second-order valence-electron chi connectivity index (χ2n) is 4.90. The first-order valence-corrected chi connectivity index (χ1v) is 6.51. The maximum atomic E-state index is 13.1. The lowest BCUT2D eigenvalue weighted by Crippen LogP contribution is -2.38. The maximum Gasteiger partial charge on any atom is 0.416 e. The van der Waals surface area contributed by atoms with E-state index in [1.807, 2.05) is 0 Å². The van der Waals surface area contributed by atoms with Gasteiger partial charge in [0.05, 0.1) is 19.2 Å². The van der Waals surface area contributed by atoms with Crippen LogP contribution in [0.2, 0.25) is 0 Å². The summed E-state index contributed by atoms with van der Waals surface area (Å²) >= 11 is 0. The predicted octanol–water partition coefficient (Wildman–Crippen LogP) is 2.29. The second-order valence-corrected chi connectivity index (χ2v) is 4.90. The number of hydrogen-bond donors (Lipinski definition) is 1. The fraction of sp³-hybridized carbons (Fsp3) is 0.429. The fourth-order valence-electron chi connectivity index (χ4n) is 2.54. The van der Waals surface area contributed by atoms with Crippen molar-refractivity contribution in [1.82, 2.24) is 4.90 Å². The van der Waals surface area contributed by atoms with Crippen LogP contribution in [-0.2, 0) is 22.3 Å². The standard InChI is InChI=1S/C14H14F3NO4/c1-22-11-4-2-3-9(14(15,16)17)8(11)7-18-10(13(20)21)5-6-12(18)19/h2-4,10H,5-7H2,1H3,(H,20,21). The number of methoxy groups -OCH3 is 1. The van der Waals surface area contributed by atoms with Gasteiger partial charge >= 0.3 is 12.1 Å². The number of carboxylic acids is 1. The molecule has 0 bridgehead atoms. The molecule has 1 atom stereocenters. The molecule has 1 N–H and O–H groups in total. The molecule has 1 amide bonds. The number of carbonyl (C=O) groups excluding carboxylic acids is 1. The number of hydrogen-bond acceptors (Lipinski definition) is 3. The van der Waals surface area contributed by atoms with Crippen LogP contribution < -0.4 is 4.74 Å². The highest BCUT2D eigenvalue weighted by Crippen LogP contribution is 2.37. The van der Waals surface area contributed by atoms with Gasteiger partial charge in [-0.25, -0.2) is 4.79 Å². The second kappa shape index (κ2) is 5.86. The van der Waals surface area contributed by atoms with E-state index in [2.05, 4.69) is 0 Å². The Hall–Kier alpha value is -2.25. The van der Waals surface area contributed by atoms with Crippen LogP contribution in [-0.4, -0.2) is 35.0 Å². The van der Waals surface area contributed by atoms with Gasteiger partial charge in [0.25, 0.3) is 0 Å². The first-order chi connectivity index (χ1) is 10.3. The van der Waals surface area contributed by atoms with E-state index in [0.717, 1.165) is 11.0 Å². The van der Waals surface area contributed by atoms with Crippen molar-refractivity contribution < 1.29 is 32.6 Å². The Kier molecular flexibility index (Phi) is 4.30. The summed E-state index contributed by atoms with van der Waals surface area (Å²) in [5.41, 5.74) is -1.17. The molecule has 1 fully saturated rings. The SMILES string of the molecule is COc1cccc(C(F)(F)F)c1CN1C(=O)CCC1C(=O)O. The minimum Gasteiger partial charge on any atom is -0.496 e. The number of likely N-dealkylation sites (tertiary alicyclic amines) is 1. The van der Waals surface area contributed by atoms with Crippen LogP contribution in [0.1, 0.15) is 24.0 Å². The van der Waals surface area contributed by atoms with E-state index in [1.165, 1.54) is 19.2 Å². The average molecular weight is 317 g/mol. The smallest absolute Gasteiger partial charge is 0.416 e. The Morgan fingerprint density at radius 3 is 2.68 bits per heavy atom. The monoisotopic (exact) mass is 317 g/mol. The maximum absolute atomic E-state index is 13.1. The largest absolute Gasteiger partial charge is 0.496 e. The molecule has 0 aliphatic carbocycles. The molecular formula is C14H14F3NO4. The number of carboxylic acid groups (broad SMARTS) is 1. The van der Waals surface area contributed by atoms with E-state index in [0.29, 0.717) is 0 Å². The third-order valence-electron chi connectivity index (χ3n) is 3.60. The summed E-state index contributed by atoms with van der Waals surface area (Å²) in [4.78, 5) is 23.9. The van der Waals surface area contributed by atoms with Gasteiger partial charge in [-0.15, -0.1) is 0 Å². The number of ether oxygens (including phenoxy) is 1. The number of carbonyl (C=O) groups is 2. The van der Waals surface area contributed by atoms with Crippen molar-refractivity contribution >= 4 is 11.9 Å². The van der Waals surface area contributed by atoms with Crippen molar-refractivity contribution in [2.24, 2.45) is 0 Å². The zero-order chi connectivity index (χ0) is 16.5. The topological polar surface area (TPSA) is 66.8 Å². The van der Waals surface area contributed by atoms with Gasteiger partial charge in [0.1, 0.15) is 11.8 Å². The van der Waals surface area contributed by atoms with Crippen LogP contribution in [0.4, 0.5) is 13.2 Å². The van der Waals surface area contributed by atoms with Gasteiger partial charge < -0.3 is 14.7 Å².